The minimum Gasteiger partial charge on any atom is -0.442 e. The van der Waals surface area contributed by atoms with Gasteiger partial charge < -0.3 is 9.30 Å². The molecule has 1 aromatic carbocycles. The van der Waals surface area contributed by atoms with Crippen molar-refractivity contribution in [3.63, 3.8) is 0 Å². The van der Waals surface area contributed by atoms with Gasteiger partial charge in [0.1, 0.15) is 17.7 Å². The molecule has 3 heterocycles. The number of imidazole rings is 1. The molecule has 1 aromatic heterocycles. The van der Waals surface area contributed by atoms with Gasteiger partial charge in [-0.15, -0.1) is 0 Å². The molecule has 1 amide bonds. The first-order chi connectivity index (χ1) is 12.1. The molecule has 4 rings (SSSR count). The van der Waals surface area contributed by atoms with Crippen LogP contribution in [-0.4, -0.2) is 57.2 Å². The molecule has 0 N–H and O–H groups in total. The lowest BCUT2D eigenvalue weighted by atomic mass is 10.1. The summed E-state index contributed by atoms with van der Waals surface area (Å²) in [4.78, 5) is 20.6. The summed E-state index contributed by atoms with van der Waals surface area (Å²) in [7, 11) is 1.98. The van der Waals surface area contributed by atoms with Crippen molar-refractivity contribution in [2.24, 2.45) is 7.05 Å². The normalized spacial score (nSPS) is 23.1. The molecule has 0 aliphatic carbocycles. The first-order valence-electron chi connectivity index (χ1n) is 8.50. The fourth-order valence-corrected chi connectivity index (χ4v) is 3.62. The zero-order valence-electron chi connectivity index (χ0n) is 14.1. The van der Waals surface area contributed by atoms with Gasteiger partial charge in [-0.2, -0.15) is 0 Å². The van der Waals surface area contributed by atoms with Crippen LogP contribution in [0.5, 0.6) is 0 Å². The number of carbonyl (C=O) groups excluding carboxylic acids is 1. The Morgan fingerprint density at radius 2 is 2.08 bits per heavy atom. The van der Waals surface area contributed by atoms with Crippen LogP contribution in [0.3, 0.4) is 0 Å². The zero-order chi connectivity index (χ0) is 17.4. The van der Waals surface area contributed by atoms with E-state index in [1.807, 2.05) is 22.7 Å². The van der Waals surface area contributed by atoms with E-state index in [0.29, 0.717) is 13.0 Å². The van der Waals surface area contributed by atoms with Crippen LogP contribution in [0.4, 0.5) is 9.18 Å². The number of halogens is 1. The Morgan fingerprint density at radius 1 is 1.28 bits per heavy atom. The third-order valence-electron chi connectivity index (χ3n) is 5.04. The molecule has 0 radical (unpaired) electrons. The second-order valence-corrected chi connectivity index (χ2v) is 6.71. The van der Waals surface area contributed by atoms with Crippen molar-refractivity contribution >= 4 is 6.09 Å². The van der Waals surface area contributed by atoms with E-state index in [1.54, 1.807) is 18.3 Å². The molecule has 0 bridgehead atoms. The molecule has 2 aliphatic rings. The lowest BCUT2D eigenvalue weighted by Crippen LogP contribution is -2.39. The minimum absolute atomic E-state index is 0.0771. The fraction of sp³-hybridized carbons (Fsp3) is 0.444. The van der Waals surface area contributed by atoms with Gasteiger partial charge >= 0.3 is 6.09 Å². The number of rotatable bonds is 5. The predicted octanol–water partition coefficient (Wildman–Crippen LogP) is 1.81. The van der Waals surface area contributed by atoms with Crippen LogP contribution in [0.25, 0.3) is 0 Å². The number of likely N-dealkylation sites (tertiary alicyclic amines) is 1. The molecule has 7 heteroatoms. The van der Waals surface area contributed by atoms with Gasteiger partial charge in [-0.3, -0.25) is 9.80 Å². The maximum Gasteiger partial charge on any atom is 0.410 e. The van der Waals surface area contributed by atoms with Gasteiger partial charge in [0.15, 0.2) is 0 Å². The molecule has 6 nitrogen and oxygen atoms in total. The summed E-state index contributed by atoms with van der Waals surface area (Å²) < 4.78 is 20.5. The quantitative estimate of drug-likeness (QED) is 0.830. The molecular formula is C18H21FN4O2. The van der Waals surface area contributed by atoms with Crippen LogP contribution >= 0.6 is 0 Å². The van der Waals surface area contributed by atoms with E-state index in [-0.39, 0.29) is 24.1 Å². The number of ether oxygens (including phenoxy) is 1. The summed E-state index contributed by atoms with van der Waals surface area (Å²) in [5, 5.41) is 0. The van der Waals surface area contributed by atoms with Crippen molar-refractivity contribution < 1.29 is 13.9 Å². The average molecular weight is 344 g/mol. The molecule has 2 aromatic rings. The standard InChI is InChI=1S/C18H21FN4O2/c1-21-9-7-20-17(21)12-22-10-15-16(11-22)25-18(24)23(15)8-6-13-2-4-14(19)5-3-13/h2-5,7,9,15-16H,6,8,10-12H2,1H3/t15-,16+/m1/s1. The fourth-order valence-electron chi connectivity index (χ4n) is 3.62. The molecular weight excluding hydrogens is 323 g/mol. The van der Waals surface area contributed by atoms with Crippen molar-refractivity contribution in [3.05, 3.63) is 53.9 Å². The summed E-state index contributed by atoms with van der Waals surface area (Å²) >= 11 is 0. The molecule has 25 heavy (non-hydrogen) atoms. The Morgan fingerprint density at radius 3 is 2.80 bits per heavy atom. The number of hydrogen-bond donors (Lipinski definition) is 0. The van der Waals surface area contributed by atoms with Gasteiger partial charge in [-0.05, 0) is 24.1 Å². The monoisotopic (exact) mass is 344 g/mol. The van der Waals surface area contributed by atoms with Crippen molar-refractivity contribution in [1.82, 2.24) is 19.4 Å². The number of aromatic nitrogens is 2. The first kappa shape index (κ1) is 16.1. The Hall–Kier alpha value is -2.41. The molecule has 132 valence electrons. The van der Waals surface area contributed by atoms with Gasteiger partial charge in [0.05, 0.1) is 12.6 Å². The summed E-state index contributed by atoms with van der Waals surface area (Å²) in [6.07, 6.45) is 4.09. The van der Waals surface area contributed by atoms with Crippen LogP contribution < -0.4 is 0 Å². The van der Waals surface area contributed by atoms with Crippen molar-refractivity contribution in [3.8, 4) is 0 Å². The highest BCUT2D eigenvalue weighted by Crippen LogP contribution is 2.28. The van der Waals surface area contributed by atoms with Crippen LogP contribution in [0.15, 0.2) is 36.7 Å². The second kappa shape index (κ2) is 6.48. The van der Waals surface area contributed by atoms with Gasteiger partial charge in [-0.25, -0.2) is 14.2 Å². The lowest BCUT2D eigenvalue weighted by molar-refractivity contribution is 0.119. The first-order valence-corrected chi connectivity index (χ1v) is 8.50. The predicted molar refractivity (Wildman–Crippen MR) is 89.4 cm³/mol. The van der Waals surface area contributed by atoms with Gasteiger partial charge in [-0.1, -0.05) is 12.1 Å². The smallest absolute Gasteiger partial charge is 0.410 e. The highest BCUT2D eigenvalue weighted by atomic mass is 19.1. The minimum atomic E-state index is -0.245. The average Bonchev–Trinajstić information content (AvgIpc) is 3.23. The van der Waals surface area contributed by atoms with Crippen LogP contribution in [0.1, 0.15) is 11.4 Å². The molecule has 2 fully saturated rings. The van der Waals surface area contributed by atoms with E-state index in [2.05, 4.69) is 9.88 Å². The van der Waals surface area contributed by atoms with Crippen LogP contribution in [0, 0.1) is 5.82 Å². The van der Waals surface area contributed by atoms with Crippen LogP contribution in [-0.2, 0) is 24.8 Å². The third kappa shape index (κ3) is 3.24. The third-order valence-corrected chi connectivity index (χ3v) is 5.04. The number of hydrogen-bond acceptors (Lipinski definition) is 4. The number of fused-ring (bicyclic) bond motifs is 1. The Bertz CT molecular complexity index is 761. The molecule has 2 aliphatic heterocycles. The molecule has 0 saturated carbocycles. The van der Waals surface area contributed by atoms with Crippen molar-refractivity contribution in [2.75, 3.05) is 19.6 Å². The molecule has 2 atom stereocenters. The number of nitrogens with zero attached hydrogens (tertiary/aromatic N) is 4. The van der Waals surface area contributed by atoms with E-state index in [1.165, 1.54) is 12.1 Å². The van der Waals surface area contributed by atoms with Gasteiger partial charge in [0.25, 0.3) is 0 Å². The maximum absolute atomic E-state index is 13.0. The van der Waals surface area contributed by atoms with Gasteiger partial charge in [0.2, 0.25) is 0 Å². The maximum atomic E-state index is 13.0. The van der Waals surface area contributed by atoms with E-state index in [9.17, 15) is 9.18 Å². The van der Waals surface area contributed by atoms with E-state index < -0.39 is 0 Å². The van der Waals surface area contributed by atoms with Crippen molar-refractivity contribution in [2.45, 2.75) is 25.1 Å². The number of amides is 1. The highest BCUT2D eigenvalue weighted by molar-refractivity contribution is 5.71. The van der Waals surface area contributed by atoms with E-state index in [0.717, 1.165) is 31.0 Å². The summed E-state index contributed by atoms with van der Waals surface area (Å²) in [6, 6.07) is 6.50. The Labute approximate surface area is 145 Å². The van der Waals surface area contributed by atoms with E-state index >= 15 is 0 Å². The summed E-state index contributed by atoms with van der Waals surface area (Å²) in [5.74, 6) is 0.759. The van der Waals surface area contributed by atoms with Crippen molar-refractivity contribution in [1.29, 1.82) is 0 Å². The zero-order valence-corrected chi connectivity index (χ0v) is 14.1. The molecule has 0 unspecified atom stereocenters. The highest BCUT2D eigenvalue weighted by Gasteiger charge is 2.47. The lowest BCUT2D eigenvalue weighted by Gasteiger charge is -2.22. The van der Waals surface area contributed by atoms with E-state index in [4.69, 9.17) is 4.74 Å². The number of carbonyl (C=O) groups is 1. The number of benzene rings is 1. The molecule has 0 spiro atoms. The molecule has 2 saturated heterocycles. The van der Waals surface area contributed by atoms with Crippen LogP contribution in [0.2, 0.25) is 0 Å². The summed E-state index contributed by atoms with van der Waals surface area (Å²) in [6.45, 7) is 2.85. The Kier molecular flexibility index (Phi) is 4.17. The number of aryl methyl sites for hydroxylation is 1. The topological polar surface area (TPSA) is 50.6 Å². The van der Waals surface area contributed by atoms with Gasteiger partial charge in [0, 0.05) is 39.1 Å². The largest absolute Gasteiger partial charge is 0.442 e. The summed E-state index contributed by atoms with van der Waals surface area (Å²) in [5.41, 5.74) is 1.01. The second-order valence-electron chi connectivity index (χ2n) is 6.71. The Balaban J connectivity index is 1.37. The SMILES string of the molecule is Cn1ccnc1CN1C[C@@H]2OC(=O)N(CCc3ccc(F)cc3)[C@@H]2C1.